The second kappa shape index (κ2) is 8.00. The quantitative estimate of drug-likeness (QED) is 0.394. The molecule has 0 saturated heterocycles. The molecule has 7 heteroatoms. The maximum Gasteiger partial charge on any atom is 0.271 e. The van der Waals surface area contributed by atoms with Crippen LogP contribution in [0, 0.1) is 0 Å². The zero-order chi connectivity index (χ0) is 19.5. The Hall–Kier alpha value is -2.90. The fraction of sp³-hybridized carbons (Fsp3) is 0.0952. The number of thiophene rings is 1. The third-order valence-corrected chi connectivity index (χ3v) is 6.35. The highest BCUT2D eigenvalue weighted by atomic mass is 32.2. The Morgan fingerprint density at radius 3 is 2.50 bits per heavy atom. The highest BCUT2D eigenvalue weighted by molar-refractivity contribution is 7.99. The number of nitrogens with zero attached hydrogens (tertiary/aromatic N) is 2. The second-order valence-corrected chi connectivity index (χ2v) is 8.15. The Balaban J connectivity index is 1.57. The first-order valence-corrected chi connectivity index (χ1v) is 10.5. The van der Waals surface area contributed by atoms with Crippen LogP contribution in [-0.4, -0.2) is 21.2 Å². The van der Waals surface area contributed by atoms with Crippen molar-refractivity contribution >= 4 is 44.9 Å². The van der Waals surface area contributed by atoms with Crippen LogP contribution in [0.5, 0.6) is 0 Å². The van der Waals surface area contributed by atoms with E-state index in [0.29, 0.717) is 15.4 Å². The lowest BCUT2D eigenvalue weighted by molar-refractivity contribution is -0.113. The fourth-order valence-corrected chi connectivity index (χ4v) is 4.61. The van der Waals surface area contributed by atoms with E-state index in [0.717, 1.165) is 16.1 Å². The molecule has 140 valence electrons. The molecule has 0 atom stereocenters. The van der Waals surface area contributed by atoms with E-state index in [9.17, 15) is 9.59 Å². The summed E-state index contributed by atoms with van der Waals surface area (Å²) in [5.41, 5.74) is 2.38. The first kappa shape index (κ1) is 18.5. The van der Waals surface area contributed by atoms with Crippen LogP contribution >= 0.6 is 23.1 Å². The minimum absolute atomic E-state index is 0.0943. The average Bonchev–Trinajstić information content (AvgIpc) is 3.15. The third kappa shape index (κ3) is 3.85. The lowest BCUT2D eigenvalue weighted by atomic mass is 10.2. The van der Waals surface area contributed by atoms with Crippen LogP contribution in [0.15, 0.2) is 76.7 Å². The lowest BCUT2D eigenvalue weighted by Crippen LogP contribution is -2.20. The van der Waals surface area contributed by atoms with Crippen molar-refractivity contribution in [3.63, 3.8) is 0 Å². The molecule has 2 aromatic heterocycles. The highest BCUT2D eigenvalue weighted by Gasteiger charge is 2.14. The van der Waals surface area contributed by atoms with Gasteiger partial charge in [-0.2, -0.15) is 0 Å². The SMILES string of the molecule is Cn1c(SCC(=O)Nc2ccccc2)nc2cc(-c3ccccc3)sc2c1=O. The van der Waals surface area contributed by atoms with E-state index in [1.54, 1.807) is 7.05 Å². The number of hydrogen-bond acceptors (Lipinski definition) is 5. The number of aromatic nitrogens is 2. The van der Waals surface area contributed by atoms with Crippen LogP contribution in [-0.2, 0) is 11.8 Å². The second-order valence-electron chi connectivity index (χ2n) is 6.15. The topological polar surface area (TPSA) is 64.0 Å². The molecule has 0 aliphatic rings. The van der Waals surface area contributed by atoms with Gasteiger partial charge in [-0.15, -0.1) is 11.3 Å². The molecule has 2 heterocycles. The van der Waals surface area contributed by atoms with E-state index in [1.165, 1.54) is 27.7 Å². The number of fused-ring (bicyclic) bond motifs is 1. The molecule has 0 bridgehead atoms. The van der Waals surface area contributed by atoms with Crippen molar-refractivity contribution in [1.29, 1.82) is 0 Å². The van der Waals surface area contributed by atoms with E-state index < -0.39 is 0 Å². The number of rotatable bonds is 5. The number of hydrogen-bond donors (Lipinski definition) is 1. The molecule has 0 saturated carbocycles. The van der Waals surface area contributed by atoms with Gasteiger partial charge < -0.3 is 5.32 Å². The predicted molar refractivity (Wildman–Crippen MR) is 116 cm³/mol. The number of carbonyl (C=O) groups excluding carboxylic acids is 1. The van der Waals surface area contributed by atoms with E-state index in [-0.39, 0.29) is 17.2 Å². The number of thioether (sulfide) groups is 1. The van der Waals surface area contributed by atoms with Gasteiger partial charge in [-0.05, 0) is 23.8 Å². The molecule has 2 aromatic carbocycles. The molecule has 0 aliphatic heterocycles. The molecule has 0 fully saturated rings. The molecule has 0 radical (unpaired) electrons. The maximum atomic E-state index is 12.7. The molecule has 0 aliphatic carbocycles. The van der Waals surface area contributed by atoms with Gasteiger partial charge in [-0.25, -0.2) is 4.98 Å². The Kier molecular flexibility index (Phi) is 5.27. The predicted octanol–water partition coefficient (Wildman–Crippen LogP) is 4.39. The number of nitrogens with one attached hydrogen (secondary N) is 1. The molecule has 4 rings (SSSR count). The summed E-state index contributed by atoms with van der Waals surface area (Å²) in [7, 11) is 1.69. The molecular formula is C21H17N3O2S2. The maximum absolute atomic E-state index is 12.7. The van der Waals surface area contributed by atoms with Gasteiger partial charge in [0.05, 0.1) is 11.3 Å². The monoisotopic (exact) mass is 407 g/mol. The summed E-state index contributed by atoms with van der Waals surface area (Å²) in [4.78, 5) is 30.6. The molecule has 1 amide bonds. The van der Waals surface area contributed by atoms with Gasteiger partial charge in [0.25, 0.3) is 5.56 Å². The molecule has 5 nitrogen and oxygen atoms in total. The van der Waals surface area contributed by atoms with E-state index in [1.807, 2.05) is 66.7 Å². The van der Waals surface area contributed by atoms with Crippen LogP contribution in [0.2, 0.25) is 0 Å². The van der Waals surface area contributed by atoms with Gasteiger partial charge in [-0.1, -0.05) is 60.3 Å². The lowest BCUT2D eigenvalue weighted by Gasteiger charge is -2.07. The minimum Gasteiger partial charge on any atom is -0.325 e. The van der Waals surface area contributed by atoms with Crippen LogP contribution < -0.4 is 10.9 Å². The van der Waals surface area contributed by atoms with Crippen LogP contribution in [0.1, 0.15) is 0 Å². The van der Waals surface area contributed by atoms with Crippen molar-refractivity contribution in [1.82, 2.24) is 9.55 Å². The van der Waals surface area contributed by atoms with Crippen LogP contribution in [0.3, 0.4) is 0 Å². The Morgan fingerprint density at radius 2 is 1.79 bits per heavy atom. The number of benzene rings is 2. The van der Waals surface area contributed by atoms with E-state index in [4.69, 9.17) is 0 Å². The molecule has 4 aromatic rings. The highest BCUT2D eigenvalue weighted by Crippen LogP contribution is 2.31. The Morgan fingerprint density at radius 1 is 1.11 bits per heavy atom. The van der Waals surface area contributed by atoms with Crippen molar-refractivity contribution in [3.05, 3.63) is 77.1 Å². The Labute approximate surface area is 170 Å². The van der Waals surface area contributed by atoms with E-state index >= 15 is 0 Å². The standard InChI is InChI=1S/C21H17N3O2S2/c1-24-20(26)19-16(12-17(28-19)14-8-4-2-5-9-14)23-21(24)27-13-18(25)22-15-10-6-3-7-11-15/h2-12H,13H2,1H3,(H,22,25). The normalized spacial score (nSPS) is 10.9. The van der Waals surface area contributed by atoms with Crippen molar-refractivity contribution in [3.8, 4) is 10.4 Å². The largest absolute Gasteiger partial charge is 0.325 e. The van der Waals surface area contributed by atoms with Gasteiger partial charge in [0, 0.05) is 17.6 Å². The van der Waals surface area contributed by atoms with Crippen LogP contribution in [0.4, 0.5) is 5.69 Å². The molecule has 0 spiro atoms. The van der Waals surface area contributed by atoms with Crippen molar-refractivity contribution < 1.29 is 4.79 Å². The number of para-hydroxylation sites is 1. The van der Waals surface area contributed by atoms with Crippen LogP contribution in [0.25, 0.3) is 20.7 Å². The summed E-state index contributed by atoms with van der Waals surface area (Å²) in [5, 5.41) is 3.36. The molecule has 1 N–H and O–H groups in total. The van der Waals surface area contributed by atoms with Gasteiger partial charge in [0.1, 0.15) is 4.70 Å². The van der Waals surface area contributed by atoms with Gasteiger partial charge >= 0.3 is 0 Å². The van der Waals surface area contributed by atoms with Gasteiger partial charge in [-0.3, -0.25) is 14.2 Å². The van der Waals surface area contributed by atoms with Gasteiger partial charge in [0.2, 0.25) is 5.91 Å². The summed E-state index contributed by atoms with van der Waals surface area (Å²) in [5.74, 6) is 0.0388. The summed E-state index contributed by atoms with van der Waals surface area (Å²) in [6.45, 7) is 0. The zero-order valence-corrected chi connectivity index (χ0v) is 16.7. The number of carbonyl (C=O) groups is 1. The van der Waals surface area contributed by atoms with Crippen molar-refractivity contribution in [2.75, 3.05) is 11.1 Å². The summed E-state index contributed by atoms with van der Waals surface area (Å²) in [6.07, 6.45) is 0. The smallest absolute Gasteiger partial charge is 0.271 e. The first-order chi connectivity index (χ1) is 13.6. The zero-order valence-electron chi connectivity index (χ0n) is 15.1. The van der Waals surface area contributed by atoms with Gasteiger partial charge in [0.15, 0.2) is 5.16 Å². The third-order valence-electron chi connectivity index (χ3n) is 4.16. The van der Waals surface area contributed by atoms with Crippen molar-refractivity contribution in [2.45, 2.75) is 5.16 Å². The van der Waals surface area contributed by atoms with Crippen molar-refractivity contribution in [2.24, 2.45) is 7.05 Å². The summed E-state index contributed by atoms with van der Waals surface area (Å²) in [6, 6.07) is 21.1. The summed E-state index contributed by atoms with van der Waals surface area (Å²) >= 11 is 2.69. The Bertz CT molecular complexity index is 1180. The van der Waals surface area contributed by atoms with E-state index in [2.05, 4.69) is 10.3 Å². The number of amides is 1. The average molecular weight is 408 g/mol. The summed E-state index contributed by atoms with van der Waals surface area (Å²) < 4.78 is 2.13. The minimum atomic E-state index is -0.138. The molecule has 28 heavy (non-hydrogen) atoms. The molecule has 0 unspecified atom stereocenters. The molecular weight excluding hydrogens is 390 g/mol. The first-order valence-electron chi connectivity index (χ1n) is 8.65. The fourth-order valence-electron chi connectivity index (χ4n) is 2.76. The number of anilines is 1.